The van der Waals surface area contributed by atoms with Crippen molar-refractivity contribution >= 4 is 33.5 Å². The van der Waals surface area contributed by atoms with Gasteiger partial charge in [-0.15, -0.1) is 0 Å². The zero-order chi connectivity index (χ0) is 12.3. The molecule has 92 valence electrons. The molecule has 0 aliphatic carbocycles. The second kappa shape index (κ2) is 5.91. The summed E-state index contributed by atoms with van der Waals surface area (Å²) < 4.78 is 6.64. The van der Waals surface area contributed by atoms with E-state index in [4.69, 9.17) is 4.74 Å². The average molecular weight is 315 g/mol. The molecule has 1 aromatic carbocycles. The lowest BCUT2D eigenvalue weighted by Crippen LogP contribution is -2.07. The van der Waals surface area contributed by atoms with Gasteiger partial charge in [-0.3, -0.25) is 4.79 Å². The summed E-state index contributed by atoms with van der Waals surface area (Å²) in [5.74, 6) is 2.78. The van der Waals surface area contributed by atoms with Crippen molar-refractivity contribution < 1.29 is 9.53 Å². The first-order valence-electron chi connectivity index (χ1n) is 5.74. The summed E-state index contributed by atoms with van der Waals surface area (Å²) in [4.78, 5) is 11.8. The Hall–Kier alpha value is -0.480. The van der Waals surface area contributed by atoms with Crippen LogP contribution in [0.2, 0.25) is 0 Å². The molecule has 1 aliphatic heterocycles. The maximum Gasteiger partial charge on any atom is 0.147 e. The van der Waals surface area contributed by atoms with E-state index in [9.17, 15) is 4.79 Å². The van der Waals surface area contributed by atoms with Crippen LogP contribution in [-0.2, 0) is 17.6 Å². The second-order valence-corrected chi connectivity index (χ2v) is 6.19. The van der Waals surface area contributed by atoms with Gasteiger partial charge in [0.1, 0.15) is 11.5 Å². The minimum Gasteiger partial charge on any atom is -0.493 e. The van der Waals surface area contributed by atoms with Crippen LogP contribution in [0.5, 0.6) is 5.75 Å². The van der Waals surface area contributed by atoms with Crippen LogP contribution in [0.4, 0.5) is 0 Å². The first-order valence-corrected chi connectivity index (χ1v) is 7.69. The fourth-order valence-corrected chi connectivity index (χ4v) is 3.04. The van der Waals surface area contributed by atoms with Gasteiger partial charge >= 0.3 is 0 Å². The molecule has 1 aliphatic rings. The van der Waals surface area contributed by atoms with Gasteiger partial charge in [0.25, 0.3) is 0 Å². The molecule has 1 heterocycles. The van der Waals surface area contributed by atoms with E-state index in [-0.39, 0.29) is 5.78 Å². The maximum atomic E-state index is 11.8. The monoisotopic (exact) mass is 314 g/mol. The Morgan fingerprint density at radius 3 is 3.12 bits per heavy atom. The number of thioether (sulfide) groups is 1. The molecule has 0 aromatic heterocycles. The number of hydrogen-bond acceptors (Lipinski definition) is 3. The van der Waals surface area contributed by atoms with Crippen molar-refractivity contribution in [2.45, 2.75) is 19.8 Å². The zero-order valence-corrected chi connectivity index (χ0v) is 12.2. The molecule has 2 rings (SSSR count). The van der Waals surface area contributed by atoms with Crippen molar-refractivity contribution in [1.82, 2.24) is 0 Å². The summed E-state index contributed by atoms with van der Waals surface area (Å²) in [5.41, 5.74) is 2.24. The van der Waals surface area contributed by atoms with Gasteiger partial charge in [-0.25, -0.2) is 0 Å². The number of benzene rings is 1. The first-order chi connectivity index (χ1) is 8.20. The molecule has 0 spiro atoms. The molecular weight excluding hydrogens is 300 g/mol. The van der Waals surface area contributed by atoms with Crippen LogP contribution in [0.3, 0.4) is 0 Å². The SMILES string of the molecule is CCSCC(=O)Cc1cc(Br)cc2c1OCC2. The van der Waals surface area contributed by atoms with Gasteiger partial charge in [-0.05, 0) is 23.4 Å². The predicted molar refractivity (Wildman–Crippen MR) is 75.1 cm³/mol. The van der Waals surface area contributed by atoms with Crippen molar-refractivity contribution in [2.24, 2.45) is 0 Å². The van der Waals surface area contributed by atoms with E-state index in [1.807, 2.05) is 6.07 Å². The molecule has 2 nitrogen and oxygen atoms in total. The Morgan fingerprint density at radius 1 is 1.53 bits per heavy atom. The van der Waals surface area contributed by atoms with E-state index >= 15 is 0 Å². The normalized spacial score (nSPS) is 13.3. The summed E-state index contributed by atoms with van der Waals surface area (Å²) in [6.07, 6.45) is 1.43. The molecule has 0 atom stereocenters. The molecule has 17 heavy (non-hydrogen) atoms. The molecule has 1 aromatic rings. The van der Waals surface area contributed by atoms with E-state index in [2.05, 4.69) is 28.9 Å². The predicted octanol–water partition coefficient (Wildman–Crippen LogP) is 3.25. The Morgan fingerprint density at radius 2 is 2.35 bits per heavy atom. The quantitative estimate of drug-likeness (QED) is 0.834. The van der Waals surface area contributed by atoms with Gasteiger partial charge in [-0.1, -0.05) is 22.9 Å². The number of carbonyl (C=O) groups excluding carboxylic acids is 1. The molecule has 0 saturated heterocycles. The number of Topliss-reactive ketones (excluding diaryl/α,β-unsaturated/α-hetero) is 1. The van der Waals surface area contributed by atoms with E-state index in [0.29, 0.717) is 12.2 Å². The average Bonchev–Trinajstić information content (AvgIpc) is 2.74. The largest absolute Gasteiger partial charge is 0.493 e. The van der Waals surface area contributed by atoms with Crippen LogP contribution in [0.15, 0.2) is 16.6 Å². The van der Waals surface area contributed by atoms with Crippen molar-refractivity contribution in [3.63, 3.8) is 0 Å². The first kappa shape index (κ1) is 13.0. The number of halogens is 1. The summed E-state index contributed by atoms with van der Waals surface area (Å²) >= 11 is 5.16. The molecule has 0 fully saturated rings. The lowest BCUT2D eigenvalue weighted by atomic mass is 10.0. The number of ether oxygens (including phenoxy) is 1. The van der Waals surface area contributed by atoms with E-state index in [1.165, 1.54) is 5.56 Å². The van der Waals surface area contributed by atoms with Crippen molar-refractivity contribution in [3.05, 3.63) is 27.7 Å². The Kier molecular flexibility index (Phi) is 4.51. The molecule has 0 N–H and O–H groups in total. The van der Waals surface area contributed by atoms with Gasteiger partial charge in [0.15, 0.2) is 0 Å². The van der Waals surface area contributed by atoms with Gasteiger partial charge < -0.3 is 4.74 Å². The summed E-state index contributed by atoms with van der Waals surface area (Å²) in [5, 5.41) is 0. The molecular formula is C13H15BrO2S. The number of fused-ring (bicyclic) bond motifs is 1. The highest BCUT2D eigenvalue weighted by molar-refractivity contribution is 9.10. The zero-order valence-electron chi connectivity index (χ0n) is 9.79. The third-order valence-corrected chi connectivity index (χ3v) is 4.07. The lowest BCUT2D eigenvalue weighted by molar-refractivity contribution is -0.116. The van der Waals surface area contributed by atoms with Crippen LogP contribution in [0, 0.1) is 0 Å². The highest BCUT2D eigenvalue weighted by Crippen LogP contribution is 2.33. The van der Waals surface area contributed by atoms with E-state index < -0.39 is 0 Å². The second-order valence-electron chi connectivity index (χ2n) is 4.00. The highest BCUT2D eigenvalue weighted by atomic mass is 79.9. The molecule has 0 amide bonds. The summed E-state index contributed by atoms with van der Waals surface area (Å²) in [6, 6.07) is 4.08. The minimum absolute atomic E-state index is 0.271. The van der Waals surface area contributed by atoms with Crippen molar-refractivity contribution in [2.75, 3.05) is 18.1 Å². The van der Waals surface area contributed by atoms with Crippen LogP contribution in [-0.4, -0.2) is 23.9 Å². The van der Waals surface area contributed by atoms with Crippen LogP contribution < -0.4 is 4.74 Å². The molecule has 0 radical (unpaired) electrons. The van der Waals surface area contributed by atoms with Crippen LogP contribution in [0.25, 0.3) is 0 Å². The number of carbonyl (C=O) groups is 1. The summed E-state index contributed by atoms with van der Waals surface area (Å²) in [6.45, 7) is 2.80. The van der Waals surface area contributed by atoms with Crippen LogP contribution >= 0.6 is 27.7 Å². The minimum atomic E-state index is 0.271. The molecule has 0 saturated carbocycles. The molecule has 0 bridgehead atoms. The van der Waals surface area contributed by atoms with E-state index in [0.717, 1.165) is 34.6 Å². The van der Waals surface area contributed by atoms with E-state index in [1.54, 1.807) is 11.8 Å². The smallest absolute Gasteiger partial charge is 0.147 e. The van der Waals surface area contributed by atoms with Crippen molar-refractivity contribution in [1.29, 1.82) is 0 Å². The van der Waals surface area contributed by atoms with Gasteiger partial charge in [0, 0.05) is 22.9 Å². The number of ketones is 1. The topological polar surface area (TPSA) is 26.3 Å². The Labute approximate surface area is 114 Å². The molecule has 0 unspecified atom stereocenters. The fourth-order valence-electron chi connectivity index (χ4n) is 1.96. The van der Waals surface area contributed by atoms with Gasteiger partial charge in [0.05, 0.1) is 12.4 Å². The fraction of sp³-hybridized carbons (Fsp3) is 0.462. The molecule has 4 heteroatoms. The van der Waals surface area contributed by atoms with Crippen molar-refractivity contribution in [3.8, 4) is 5.75 Å². The van der Waals surface area contributed by atoms with Gasteiger partial charge in [0.2, 0.25) is 0 Å². The number of hydrogen-bond donors (Lipinski definition) is 0. The lowest BCUT2D eigenvalue weighted by Gasteiger charge is -2.08. The van der Waals surface area contributed by atoms with Gasteiger partial charge in [-0.2, -0.15) is 11.8 Å². The number of rotatable bonds is 5. The maximum absolute atomic E-state index is 11.8. The Balaban J connectivity index is 2.13. The Bertz CT molecular complexity index is 432. The van der Waals surface area contributed by atoms with Crippen LogP contribution in [0.1, 0.15) is 18.1 Å². The standard InChI is InChI=1S/C13H15BrO2S/c1-2-17-8-12(15)7-10-6-11(14)5-9-3-4-16-13(9)10/h5-6H,2-4,7-8H2,1H3. The summed E-state index contributed by atoms with van der Waals surface area (Å²) in [7, 11) is 0. The third-order valence-electron chi connectivity index (χ3n) is 2.68. The highest BCUT2D eigenvalue weighted by Gasteiger charge is 2.18. The third kappa shape index (κ3) is 3.26.